The van der Waals surface area contributed by atoms with Crippen LogP contribution < -0.4 is 0 Å². The van der Waals surface area contributed by atoms with Crippen molar-refractivity contribution in [1.29, 1.82) is 0 Å². The van der Waals surface area contributed by atoms with Gasteiger partial charge in [-0.2, -0.15) is 0 Å². The lowest BCUT2D eigenvalue weighted by molar-refractivity contribution is 0.0937. The van der Waals surface area contributed by atoms with Crippen LogP contribution in [-0.2, 0) is 0 Å². The Morgan fingerprint density at radius 2 is 2.36 bits per heavy atom. The number of rotatable bonds is 4. The van der Waals surface area contributed by atoms with E-state index in [1.54, 1.807) is 0 Å². The Morgan fingerprint density at radius 1 is 1.64 bits per heavy atom. The molecule has 11 heavy (non-hydrogen) atoms. The molecule has 0 aromatic rings. The molecular weight excluding hydrogens is 138 g/mol. The fourth-order valence-corrected chi connectivity index (χ4v) is 1.49. The van der Waals surface area contributed by atoms with Gasteiger partial charge >= 0.3 is 0 Å². The van der Waals surface area contributed by atoms with Crippen molar-refractivity contribution in [2.45, 2.75) is 45.3 Å². The first kappa shape index (κ1) is 9.01. The minimum Gasteiger partial charge on any atom is -0.393 e. The second kappa shape index (κ2) is 4.07. The Hall–Kier alpha value is -0.0800. The molecule has 0 spiro atoms. The number of hydrogen-bond acceptors (Lipinski definition) is 2. The highest BCUT2D eigenvalue weighted by Gasteiger charge is 2.22. The number of aliphatic hydroxyl groups is 1. The summed E-state index contributed by atoms with van der Waals surface area (Å²) in [4.78, 5) is 2.47. The van der Waals surface area contributed by atoms with Crippen LogP contribution in [0.25, 0.3) is 0 Å². The van der Waals surface area contributed by atoms with E-state index in [4.69, 9.17) is 5.11 Å². The molecule has 2 atom stereocenters. The van der Waals surface area contributed by atoms with Gasteiger partial charge in [-0.25, -0.2) is 0 Å². The summed E-state index contributed by atoms with van der Waals surface area (Å²) >= 11 is 0. The molecule has 0 saturated carbocycles. The average Bonchev–Trinajstić information content (AvgIpc) is 1.94. The van der Waals surface area contributed by atoms with Gasteiger partial charge in [0.05, 0.1) is 6.10 Å². The summed E-state index contributed by atoms with van der Waals surface area (Å²) in [6, 6.07) is 0.795. The van der Waals surface area contributed by atoms with Crippen molar-refractivity contribution in [3.8, 4) is 0 Å². The van der Waals surface area contributed by atoms with Gasteiger partial charge in [-0.15, -0.1) is 0 Å². The molecule has 0 aromatic carbocycles. The fraction of sp³-hybridized carbons (Fsp3) is 1.00. The molecule has 2 unspecified atom stereocenters. The average molecular weight is 157 g/mol. The van der Waals surface area contributed by atoms with Crippen LogP contribution in [0.15, 0.2) is 0 Å². The van der Waals surface area contributed by atoms with Crippen LogP contribution in [0.2, 0.25) is 0 Å². The molecule has 1 N–H and O–H groups in total. The molecule has 1 aliphatic rings. The first-order chi connectivity index (χ1) is 5.20. The molecule has 1 rings (SSSR count). The molecule has 2 nitrogen and oxygen atoms in total. The third-order valence-electron chi connectivity index (χ3n) is 2.52. The van der Waals surface area contributed by atoms with Gasteiger partial charge in [0, 0.05) is 6.04 Å². The van der Waals surface area contributed by atoms with E-state index in [0.717, 1.165) is 18.9 Å². The lowest BCUT2D eigenvalue weighted by Crippen LogP contribution is -2.45. The van der Waals surface area contributed by atoms with Gasteiger partial charge in [-0.3, -0.25) is 0 Å². The first-order valence-electron chi connectivity index (χ1n) is 4.62. The maximum absolute atomic E-state index is 9.00. The van der Waals surface area contributed by atoms with Crippen LogP contribution in [0.5, 0.6) is 0 Å². The molecule has 66 valence electrons. The van der Waals surface area contributed by atoms with Gasteiger partial charge in [0.25, 0.3) is 0 Å². The van der Waals surface area contributed by atoms with Crippen molar-refractivity contribution >= 4 is 0 Å². The Labute approximate surface area is 69.2 Å². The van der Waals surface area contributed by atoms with E-state index in [0.29, 0.717) is 0 Å². The highest BCUT2D eigenvalue weighted by Crippen LogP contribution is 2.16. The first-order valence-corrected chi connectivity index (χ1v) is 4.62. The summed E-state index contributed by atoms with van der Waals surface area (Å²) in [6.07, 6.45) is 3.33. The van der Waals surface area contributed by atoms with E-state index in [2.05, 4.69) is 11.8 Å². The predicted octanol–water partition coefficient (Wildman–Crippen LogP) is 1.24. The molecule has 0 radical (unpaired) electrons. The monoisotopic (exact) mass is 157 g/mol. The van der Waals surface area contributed by atoms with Crippen LogP contribution in [0, 0.1) is 0 Å². The predicted molar refractivity (Wildman–Crippen MR) is 46.6 cm³/mol. The van der Waals surface area contributed by atoms with Crippen molar-refractivity contribution in [1.82, 2.24) is 4.90 Å². The van der Waals surface area contributed by atoms with Crippen molar-refractivity contribution < 1.29 is 5.11 Å². The second-order valence-corrected chi connectivity index (χ2v) is 3.66. The minimum atomic E-state index is -0.119. The Balaban J connectivity index is 1.95. The van der Waals surface area contributed by atoms with E-state index in [9.17, 15) is 0 Å². The van der Waals surface area contributed by atoms with Gasteiger partial charge in [-0.05, 0) is 46.2 Å². The molecule has 0 aliphatic carbocycles. The SMILES string of the molecule is CC(O)CCCN1CCC1C. The summed E-state index contributed by atoms with van der Waals surface area (Å²) in [5.41, 5.74) is 0. The molecule has 1 saturated heterocycles. The molecule has 1 aliphatic heterocycles. The van der Waals surface area contributed by atoms with Crippen molar-refractivity contribution in [2.75, 3.05) is 13.1 Å². The van der Waals surface area contributed by atoms with Crippen LogP contribution in [0.1, 0.15) is 33.1 Å². The summed E-state index contributed by atoms with van der Waals surface area (Å²) in [5.74, 6) is 0. The quantitative estimate of drug-likeness (QED) is 0.663. The topological polar surface area (TPSA) is 23.5 Å². The van der Waals surface area contributed by atoms with Crippen molar-refractivity contribution in [2.24, 2.45) is 0 Å². The van der Waals surface area contributed by atoms with E-state index in [1.165, 1.54) is 19.5 Å². The molecule has 1 heterocycles. The zero-order valence-electron chi connectivity index (χ0n) is 7.58. The molecule has 0 aromatic heterocycles. The molecule has 0 bridgehead atoms. The lowest BCUT2D eigenvalue weighted by atomic mass is 10.0. The molecule has 2 heteroatoms. The Morgan fingerprint density at radius 3 is 2.73 bits per heavy atom. The van der Waals surface area contributed by atoms with Crippen LogP contribution in [0.3, 0.4) is 0 Å². The van der Waals surface area contributed by atoms with Crippen molar-refractivity contribution in [3.05, 3.63) is 0 Å². The minimum absolute atomic E-state index is 0.119. The normalized spacial score (nSPS) is 28.1. The van der Waals surface area contributed by atoms with Crippen LogP contribution in [-0.4, -0.2) is 35.2 Å². The van der Waals surface area contributed by atoms with E-state index in [-0.39, 0.29) is 6.10 Å². The Bertz CT molecular complexity index is 114. The molecule has 1 fully saturated rings. The maximum Gasteiger partial charge on any atom is 0.0512 e. The number of likely N-dealkylation sites (tertiary alicyclic amines) is 1. The fourth-order valence-electron chi connectivity index (χ4n) is 1.49. The lowest BCUT2D eigenvalue weighted by Gasteiger charge is -2.38. The third kappa shape index (κ3) is 2.80. The van der Waals surface area contributed by atoms with E-state index < -0.39 is 0 Å². The largest absolute Gasteiger partial charge is 0.393 e. The smallest absolute Gasteiger partial charge is 0.0512 e. The number of hydrogen-bond donors (Lipinski definition) is 1. The number of aliphatic hydroxyl groups excluding tert-OH is 1. The molecular formula is C9H19NO. The highest BCUT2D eigenvalue weighted by molar-refractivity contribution is 4.78. The zero-order chi connectivity index (χ0) is 8.27. The van der Waals surface area contributed by atoms with Crippen LogP contribution in [0.4, 0.5) is 0 Å². The van der Waals surface area contributed by atoms with Gasteiger partial charge < -0.3 is 10.0 Å². The summed E-state index contributed by atoms with van der Waals surface area (Å²) in [5, 5.41) is 9.00. The maximum atomic E-state index is 9.00. The summed E-state index contributed by atoms with van der Waals surface area (Å²) in [6.45, 7) is 6.57. The number of nitrogens with zero attached hydrogens (tertiary/aromatic N) is 1. The van der Waals surface area contributed by atoms with Gasteiger partial charge in [0.15, 0.2) is 0 Å². The van der Waals surface area contributed by atoms with E-state index in [1.807, 2.05) is 6.92 Å². The van der Waals surface area contributed by atoms with Crippen molar-refractivity contribution in [3.63, 3.8) is 0 Å². The van der Waals surface area contributed by atoms with Gasteiger partial charge in [0.2, 0.25) is 0 Å². The molecule has 0 amide bonds. The van der Waals surface area contributed by atoms with E-state index >= 15 is 0 Å². The standard InChI is InChI=1S/C9H19NO/c1-8-5-7-10(8)6-3-4-9(2)11/h8-9,11H,3-7H2,1-2H3. The highest BCUT2D eigenvalue weighted by atomic mass is 16.3. The zero-order valence-corrected chi connectivity index (χ0v) is 7.58. The second-order valence-electron chi connectivity index (χ2n) is 3.66. The van der Waals surface area contributed by atoms with Gasteiger partial charge in [-0.1, -0.05) is 0 Å². The summed E-state index contributed by atoms with van der Waals surface area (Å²) < 4.78 is 0. The third-order valence-corrected chi connectivity index (χ3v) is 2.52. The van der Waals surface area contributed by atoms with Gasteiger partial charge in [0.1, 0.15) is 0 Å². The van der Waals surface area contributed by atoms with Crippen LogP contribution >= 0.6 is 0 Å². The Kier molecular flexibility index (Phi) is 3.34. The summed E-state index contributed by atoms with van der Waals surface area (Å²) in [7, 11) is 0.